The van der Waals surface area contributed by atoms with Crippen molar-refractivity contribution in [2.45, 2.75) is 60.5 Å². The van der Waals surface area contributed by atoms with E-state index in [1.165, 1.54) is 0 Å². The van der Waals surface area contributed by atoms with Crippen molar-refractivity contribution >= 4 is 11.8 Å². The summed E-state index contributed by atoms with van der Waals surface area (Å²) >= 11 is 0. The van der Waals surface area contributed by atoms with Gasteiger partial charge in [-0.25, -0.2) is 0 Å². The molecule has 1 fully saturated rings. The normalized spacial score (nSPS) is 19.9. The Balaban J connectivity index is 3.35. The quantitative estimate of drug-likeness (QED) is 0.303. The molecule has 1 aliphatic heterocycles. The first-order valence-electron chi connectivity index (χ1n) is 10.1. The van der Waals surface area contributed by atoms with Crippen LogP contribution in [0.5, 0.6) is 0 Å². The molecule has 2 atom stereocenters. The fraction of sp³-hybridized carbons (Fsp3) is 0.875. The Kier molecular flexibility index (Phi) is 9.83. The number of ether oxygens (including phenoxy) is 2. The molecule has 0 radical (unpaired) electrons. The van der Waals surface area contributed by atoms with Crippen molar-refractivity contribution in [3.63, 3.8) is 0 Å². The van der Waals surface area contributed by atoms with E-state index in [9.17, 15) is 106 Å². The van der Waals surface area contributed by atoms with Crippen LogP contribution in [0.3, 0.4) is 0 Å². The minimum atomic E-state index is -7.62. The molecule has 1 heterocycles. The summed E-state index contributed by atoms with van der Waals surface area (Å²) in [6.07, 6.45) is -44.4. The lowest BCUT2D eigenvalue weighted by molar-refractivity contribution is -0.474. The molecule has 2 amide bonds. The van der Waals surface area contributed by atoms with Crippen LogP contribution in [0.1, 0.15) is 0 Å². The number of halogens is 22. The predicted octanol–water partition coefficient (Wildman–Crippen LogP) is 5.73. The number of hydrogen-bond donors (Lipinski definition) is 0. The molecule has 44 heavy (non-hydrogen) atoms. The van der Waals surface area contributed by atoms with Gasteiger partial charge in [-0.15, -0.1) is 0 Å². The van der Waals surface area contributed by atoms with Crippen LogP contribution >= 0.6 is 0 Å². The number of carbonyl (C=O) groups is 2. The van der Waals surface area contributed by atoms with Gasteiger partial charge in [0.05, 0.1) is 0 Å². The van der Waals surface area contributed by atoms with E-state index in [4.69, 9.17) is 0 Å². The first-order chi connectivity index (χ1) is 18.9. The van der Waals surface area contributed by atoms with E-state index in [-0.39, 0.29) is 0 Å². The molecule has 0 aromatic rings. The third kappa shape index (κ3) is 6.63. The first kappa shape index (κ1) is 39.3. The second-order valence-corrected chi connectivity index (χ2v) is 8.15. The number of piperazine rings is 1. The van der Waals surface area contributed by atoms with Crippen molar-refractivity contribution in [2.75, 3.05) is 26.2 Å². The molecule has 260 valence electrons. The minimum Gasteiger partial charge on any atom is -0.334 e. The highest BCUT2D eigenvalue weighted by Gasteiger charge is 2.81. The van der Waals surface area contributed by atoms with Gasteiger partial charge in [-0.05, 0) is 0 Å². The molecule has 1 aliphatic rings. The number of nitrogens with zero attached hydrogens (tertiary/aromatic N) is 2. The highest BCUT2D eigenvalue weighted by atomic mass is 19.4. The van der Waals surface area contributed by atoms with Crippen LogP contribution in [0.4, 0.5) is 96.6 Å². The average molecular weight is 710 g/mol. The first-order valence-corrected chi connectivity index (χ1v) is 10.1. The molecular formula is C16H8F22N2O4. The summed E-state index contributed by atoms with van der Waals surface area (Å²) in [6.45, 7) is -7.94. The molecule has 0 saturated carbocycles. The smallest absolute Gasteiger partial charge is 0.334 e. The SMILES string of the molecule is O=C(N1CCN(C(=O)[C@@](F)(OC(F)(F)C(F)(F)C(F)(F)F)C(F)(F)F)CC1)[C@@](F)(OC(F)(F)C(F)(F)C(F)(F)F)C(F)(F)F. The summed E-state index contributed by atoms with van der Waals surface area (Å²) in [5.41, 5.74) is 0. The van der Waals surface area contributed by atoms with Gasteiger partial charge < -0.3 is 9.80 Å². The zero-order valence-corrected chi connectivity index (χ0v) is 19.7. The van der Waals surface area contributed by atoms with Gasteiger partial charge in [0, 0.05) is 26.2 Å². The summed E-state index contributed by atoms with van der Waals surface area (Å²) in [5, 5.41) is 0. The molecule has 0 N–H and O–H groups in total. The van der Waals surface area contributed by atoms with E-state index in [0.717, 1.165) is 0 Å². The van der Waals surface area contributed by atoms with Gasteiger partial charge in [-0.3, -0.25) is 19.1 Å². The number of carbonyl (C=O) groups excluding carboxylic acids is 2. The van der Waals surface area contributed by atoms with E-state index in [0.29, 0.717) is 0 Å². The molecule has 0 aromatic heterocycles. The lowest BCUT2D eigenvalue weighted by atomic mass is 10.1. The molecular weight excluding hydrogens is 702 g/mol. The van der Waals surface area contributed by atoms with Crippen molar-refractivity contribution in [3.05, 3.63) is 0 Å². The highest BCUT2D eigenvalue weighted by Crippen LogP contribution is 2.53. The Morgan fingerprint density at radius 3 is 0.750 bits per heavy atom. The second kappa shape index (κ2) is 11.0. The minimum absolute atomic E-state index is 0.875. The van der Waals surface area contributed by atoms with Crippen molar-refractivity contribution in [1.82, 2.24) is 9.80 Å². The van der Waals surface area contributed by atoms with Gasteiger partial charge in [0.1, 0.15) is 0 Å². The third-order valence-corrected chi connectivity index (χ3v) is 5.11. The van der Waals surface area contributed by atoms with Crippen molar-refractivity contribution in [3.8, 4) is 0 Å². The van der Waals surface area contributed by atoms with Gasteiger partial charge in [0.2, 0.25) is 0 Å². The Bertz CT molecular complexity index is 988. The van der Waals surface area contributed by atoms with Crippen LogP contribution in [0.15, 0.2) is 0 Å². The lowest BCUT2D eigenvalue weighted by Gasteiger charge is -2.41. The molecule has 6 nitrogen and oxygen atoms in total. The Labute approximate surface area is 225 Å². The molecule has 0 aliphatic carbocycles. The monoisotopic (exact) mass is 710 g/mol. The molecule has 0 aromatic carbocycles. The van der Waals surface area contributed by atoms with Crippen LogP contribution in [0.2, 0.25) is 0 Å². The van der Waals surface area contributed by atoms with Gasteiger partial charge in [0.15, 0.2) is 0 Å². The van der Waals surface area contributed by atoms with Crippen LogP contribution in [0.25, 0.3) is 0 Å². The topological polar surface area (TPSA) is 59.1 Å². The van der Waals surface area contributed by atoms with Gasteiger partial charge in [-0.2, -0.15) is 96.6 Å². The molecule has 1 rings (SSSR count). The largest absolute Gasteiger partial charge is 0.462 e. The van der Waals surface area contributed by atoms with E-state index < -0.39 is 108 Å². The van der Waals surface area contributed by atoms with Crippen LogP contribution in [-0.4, -0.2) is 108 Å². The maximum Gasteiger partial charge on any atom is 0.462 e. The summed E-state index contributed by atoms with van der Waals surface area (Å²) in [4.78, 5) is 22.1. The molecule has 0 bridgehead atoms. The van der Waals surface area contributed by atoms with Crippen molar-refractivity contribution < 1.29 is 116 Å². The summed E-state index contributed by atoms with van der Waals surface area (Å²) < 4.78 is 289. The van der Waals surface area contributed by atoms with E-state index in [1.807, 2.05) is 9.47 Å². The summed E-state index contributed by atoms with van der Waals surface area (Å²) in [5.74, 6) is -36.2. The Morgan fingerprint density at radius 2 is 0.591 bits per heavy atom. The third-order valence-electron chi connectivity index (χ3n) is 5.11. The maximum absolute atomic E-state index is 14.4. The fourth-order valence-corrected chi connectivity index (χ4v) is 2.78. The number of hydrogen-bond acceptors (Lipinski definition) is 4. The zero-order chi connectivity index (χ0) is 35.6. The summed E-state index contributed by atoms with van der Waals surface area (Å²) in [7, 11) is 0. The van der Waals surface area contributed by atoms with E-state index in [1.54, 1.807) is 0 Å². The number of rotatable bonds is 8. The second-order valence-electron chi connectivity index (χ2n) is 8.15. The van der Waals surface area contributed by atoms with E-state index in [2.05, 4.69) is 0 Å². The Hall–Kier alpha value is -2.68. The number of alkyl halides is 22. The molecule has 28 heteroatoms. The van der Waals surface area contributed by atoms with Gasteiger partial charge in [0.25, 0.3) is 11.8 Å². The maximum atomic E-state index is 14.4. The van der Waals surface area contributed by atoms with Crippen LogP contribution in [0, 0.1) is 0 Å². The molecule has 0 spiro atoms. The average Bonchev–Trinajstić information content (AvgIpc) is 2.79. The summed E-state index contributed by atoms with van der Waals surface area (Å²) in [6, 6.07) is 0. The van der Waals surface area contributed by atoms with Crippen LogP contribution < -0.4 is 0 Å². The highest BCUT2D eigenvalue weighted by molar-refractivity contribution is 5.86. The zero-order valence-electron chi connectivity index (χ0n) is 19.7. The number of amides is 2. The molecule has 0 unspecified atom stereocenters. The van der Waals surface area contributed by atoms with E-state index >= 15 is 0 Å². The predicted molar refractivity (Wildman–Crippen MR) is 87.0 cm³/mol. The Morgan fingerprint density at radius 1 is 0.386 bits per heavy atom. The van der Waals surface area contributed by atoms with Crippen molar-refractivity contribution in [2.24, 2.45) is 0 Å². The van der Waals surface area contributed by atoms with Gasteiger partial charge in [-0.1, -0.05) is 0 Å². The van der Waals surface area contributed by atoms with Gasteiger partial charge >= 0.3 is 60.5 Å². The fourth-order valence-electron chi connectivity index (χ4n) is 2.78. The molecule has 1 saturated heterocycles. The van der Waals surface area contributed by atoms with Crippen LogP contribution in [-0.2, 0) is 19.1 Å². The lowest BCUT2D eigenvalue weighted by Crippen LogP contribution is -2.67. The standard InChI is InChI=1S/C16H8F22N2O4/c17-7(11(23,24)25,43-15(35,36)9(19,20)13(29,30)31)5(41)39-1-2-40(4-3-39)6(42)8(18,12(26,27)28)44-16(37,38)10(21,22)14(32,33)34/h1-4H2/t7-,8-/m1/s1. The van der Waals surface area contributed by atoms with Crippen molar-refractivity contribution in [1.29, 1.82) is 0 Å².